The summed E-state index contributed by atoms with van der Waals surface area (Å²) < 4.78 is 0. The Kier molecular flexibility index (Phi) is 6.45. The summed E-state index contributed by atoms with van der Waals surface area (Å²) in [5, 5.41) is 0. The predicted octanol–water partition coefficient (Wildman–Crippen LogP) is 0.361. The van der Waals surface area contributed by atoms with Crippen LogP contribution in [0.5, 0.6) is 0 Å². The molecule has 1 saturated heterocycles. The molecule has 1 rings (SSSR count). The van der Waals surface area contributed by atoms with Crippen LogP contribution in [0, 0.1) is 5.92 Å². The van der Waals surface area contributed by atoms with Crippen molar-refractivity contribution in [2.45, 2.75) is 32.7 Å². The van der Waals surface area contributed by atoms with Gasteiger partial charge in [-0.15, -0.1) is 0 Å². The molecule has 0 radical (unpaired) electrons. The van der Waals surface area contributed by atoms with Crippen LogP contribution in [-0.4, -0.2) is 34.8 Å². The van der Waals surface area contributed by atoms with Crippen LogP contribution in [0.4, 0.5) is 0 Å². The molecule has 1 aliphatic heterocycles. The Morgan fingerprint density at radius 1 is 1.18 bits per heavy atom. The van der Waals surface area contributed by atoms with Crippen LogP contribution < -0.4 is 22.5 Å². The van der Waals surface area contributed by atoms with Gasteiger partial charge in [-0.05, 0) is 5.92 Å². The maximum absolute atomic E-state index is 12.7. The predicted molar refractivity (Wildman–Crippen MR) is 88.3 cm³/mol. The van der Waals surface area contributed by atoms with Crippen LogP contribution in [0.1, 0.15) is 26.7 Å². The zero-order valence-electron chi connectivity index (χ0n) is 13.6. The molecule has 0 aromatic heterocycles. The molecular weight excluding hydrogens is 280 g/mol. The molecule has 0 spiro atoms. The van der Waals surface area contributed by atoms with E-state index in [2.05, 4.69) is 30.6 Å². The molecule has 7 heteroatoms. The first-order valence-corrected chi connectivity index (χ1v) is 7.39. The second-order valence-electron chi connectivity index (χ2n) is 5.78. The SMILES string of the molecule is C=C(CCN1C(=C)N(CCC(=C)NN)C(C(C)C)C1=O)NN. The number of hydrazine groups is 2. The van der Waals surface area contributed by atoms with Crippen LogP contribution in [0.3, 0.4) is 0 Å². The molecule has 1 unspecified atom stereocenters. The monoisotopic (exact) mass is 308 g/mol. The third kappa shape index (κ3) is 4.02. The van der Waals surface area contributed by atoms with E-state index in [1.54, 1.807) is 4.90 Å². The van der Waals surface area contributed by atoms with Gasteiger partial charge < -0.3 is 15.8 Å². The first-order valence-electron chi connectivity index (χ1n) is 7.39. The Bertz CT molecular complexity index is 459. The van der Waals surface area contributed by atoms with Crippen molar-refractivity contribution in [3.05, 3.63) is 37.0 Å². The second kappa shape index (κ2) is 7.86. The van der Waals surface area contributed by atoms with Gasteiger partial charge >= 0.3 is 0 Å². The van der Waals surface area contributed by atoms with Gasteiger partial charge in [0.2, 0.25) is 0 Å². The molecule has 1 atom stereocenters. The van der Waals surface area contributed by atoms with E-state index in [1.165, 1.54) is 0 Å². The van der Waals surface area contributed by atoms with Crippen LogP contribution >= 0.6 is 0 Å². The van der Waals surface area contributed by atoms with Gasteiger partial charge in [0.25, 0.3) is 5.91 Å². The fourth-order valence-electron chi connectivity index (χ4n) is 2.53. The van der Waals surface area contributed by atoms with E-state index < -0.39 is 0 Å². The smallest absolute Gasteiger partial charge is 0.251 e. The number of rotatable bonds is 9. The lowest BCUT2D eigenvalue weighted by Crippen LogP contribution is -2.38. The summed E-state index contributed by atoms with van der Waals surface area (Å²) in [7, 11) is 0. The van der Waals surface area contributed by atoms with Crippen LogP contribution in [-0.2, 0) is 4.79 Å². The lowest BCUT2D eigenvalue weighted by atomic mass is 10.0. The van der Waals surface area contributed by atoms with E-state index in [-0.39, 0.29) is 17.9 Å². The molecule has 7 nitrogen and oxygen atoms in total. The number of carbonyl (C=O) groups is 1. The minimum absolute atomic E-state index is 0.0659. The summed E-state index contributed by atoms with van der Waals surface area (Å²) in [6.07, 6.45) is 1.23. The van der Waals surface area contributed by atoms with Crippen molar-refractivity contribution in [1.29, 1.82) is 0 Å². The molecule has 1 amide bonds. The van der Waals surface area contributed by atoms with Crippen LogP contribution in [0.15, 0.2) is 37.0 Å². The van der Waals surface area contributed by atoms with Gasteiger partial charge in [0.05, 0.1) is 0 Å². The summed E-state index contributed by atoms with van der Waals surface area (Å²) in [4.78, 5) is 16.4. The number of nitrogens with zero attached hydrogens (tertiary/aromatic N) is 2. The molecule has 22 heavy (non-hydrogen) atoms. The van der Waals surface area contributed by atoms with E-state index in [0.717, 1.165) is 5.70 Å². The Balaban J connectivity index is 2.81. The second-order valence-corrected chi connectivity index (χ2v) is 5.78. The quantitative estimate of drug-likeness (QED) is 0.362. The average Bonchev–Trinajstić information content (AvgIpc) is 2.72. The summed E-state index contributed by atoms with van der Waals surface area (Å²) in [5.74, 6) is 11.6. The maximum atomic E-state index is 12.7. The molecule has 0 aliphatic carbocycles. The standard InChI is InChI=1S/C15H28N6O/c1-10(2)14-15(22)21(9-7-12(4)19-17)13(5)20(14)8-6-11(3)18-16/h10,14,18-19H,3-9,16-17H2,1-2H3. The highest BCUT2D eigenvalue weighted by Crippen LogP contribution is 2.29. The molecule has 0 aromatic rings. The molecule has 124 valence electrons. The van der Waals surface area contributed by atoms with E-state index in [4.69, 9.17) is 11.7 Å². The maximum Gasteiger partial charge on any atom is 0.251 e. The molecular formula is C15H28N6O. The normalized spacial score (nSPS) is 18.1. The zero-order chi connectivity index (χ0) is 16.9. The molecule has 0 aromatic carbocycles. The van der Waals surface area contributed by atoms with Crippen molar-refractivity contribution in [3.8, 4) is 0 Å². The van der Waals surface area contributed by atoms with Crippen molar-refractivity contribution < 1.29 is 4.79 Å². The number of nitrogens with two attached hydrogens (primary N) is 2. The Labute approximate surface area is 132 Å². The van der Waals surface area contributed by atoms with E-state index in [9.17, 15) is 4.79 Å². The minimum atomic E-state index is -0.211. The fourth-order valence-corrected chi connectivity index (χ4v) is 2.53. The van der Waals surface area contributed by atoms with Gasteiger partial charge in [-0.25, -0.2) is 0 Å². The summed E-state index contributed by atoms with van der Waals surface area (Å²) in [6.45, 7) is 16.9. The first kappa shape index (κ1) is 18.1. The third-order valence-electron chi connectivity index (χ3n) is 3.83. The van der Waals surface area contributed by atoms with Gasteiger partial charge in [0, 0.05) is 37.3 Å². The molecule has 1 fully saturated rings. The Morgan fingerprint density at radius 2 is 1.68 bits per heavy atom. The van der Waals surface area contributed by atoms with E-state index in [0.29, 0.717) is 37.4 Å². The number of carbonyl (C=O) groups excluding carboxylic acids is 1. The number of hydrogen-bond acceptors (Lipinski definition) is 6. The molecule has 1 aliphatic rings. The highest BCUT2D eigenvalue weighted by atomic mass is 16.2. The fraction of sp³-hybridized carbons (Fsp3) is 0.533. The number of nitrogens with one attached hydrogen (secondary N) is 2. The van der Waals surface area contributed by atoms with Gasteiger partial charge in [-0.3, -0.25) is 21.4 Å². The largest absolute Gasteiger partial charge is 0.346 e. The number of amides is 1. The van der Waals surface area contributed by atoms with Crippen LogP contribution in [0.25, 0.3) is 0 Å². The van der Waals surface area contributed by atoms with Crippen molar-refractivity contribution in [1.82, 2.24) is 20.7 Å². The molecule has 0 saturated carbocycles. The third-order valence-corrected chi connectivity index (χ3v) is 3.83. The lowest BCUT2D eigenvalue weighted by Gasteiger charge is -2.27. The summed E-state index contributed by atoms with van der Waals surface area (Å²) in [5.41, 5.74) is 6.44. The highest BCUT2D eigenvalue weighted by Gasteiger charge is 2.42. The molecule has 6 N–H and O–H groups in total. The van der Waals surface area contributed by atoms with Crippen molar-refractivity contribution in [3.63, 3.8) is 0 Å². The van der Waals surface area contributed by atoms with Gasteiger partial charge in [-0.1, -0.05) is 33.6 Å². The van der Waals surface area contributed by atoms with E-state index in [1.807, 2.05) is 18.7 Å². The lowest BCUT2D eigenvalue weighted by molar-refractivity contribution is -0.129. The van der Waals surface area contributed by atoms with Gasteiger partial charge in [0.15, 0.2) is 0 Å². The molecule has 0 bridgehead atoms. The first-order chi connectivity index (χ1) is 10.3. The Hall–Kier alpha value is -1.99. The van der Waals surface area contributed by atoms with Gasteiger partial charge in [0.1, 0.15) is 11.9 Å². The van der Waals surface area contributed by atoms with E-state index >= 15 is 0 Å². The molecule has 1 heterocycles. The number of hydrogen-bond donors (Lipinski definition) is 4. The van der Waals surface area contributed by atoms with Gasteiger partial charge in [-0.2, -0.15) is 0 Å². The van der Waals surface area contributed by atoms with Crippen molar-refractivity contribution in [2.75, 3.05) is 13.1 Å². The van der Waals surface area contributed by atoms with Crippen molar-refractivity contribution >= 4 is 5.91 Å². The summed E-state index contributed by atoms with van der Waals surface area (Å²) in [6, 6.07) is -0.211. The minimum Gasteiger partial charge on any atom is -0.346 e. The van der Waals surface area contributed by atoms with Crippen LogP contribution in [0.2, 0.25) is 0 Å². The zero-order valence-corrected chi connectivity index (χ0v) is 13.6. The van der Waals surface area contributed by atoms with Crippen molar-refractivity contribution in [2.24, 2.45) is 17.6 Å². The topological polar surface area (TPSA) is 99.6 Å². The highest BCUT2D eigenvalue weighted by molar-refractivity contribution is 5.86. The Morgan fingerprint density at radius 3 is 2.14 bits per heavy atom. The summed E-state index contributed by atoms with van der Waals surface area (Å²) >= 11 is 0. The average molecular weight is 308 g/mol.